The summed E-state index contributed by atoms with van der Waals surface area (Å²) in [6, 6.07) is 18.2. The SMILES string of the molecule is CC(=O)ON=C(N)c1cccc(CC(NS(=O)(=O)c2ccccc2)c2nc3cccnc3s2)c1. The van der Waals surface area contributed by atoms with Crippen LogP contribution in [0, 0.1) is 0 Å². The number of carbonyl (C=O) groups is 1. The Balaban J connectivity index is 1.68. The average Bonchev–Trinajstić information content (AvgIpc) is 3.27. The molecule has 4 rings (SSSR count). The molecule has 1 atom stereocenters. The smallest absolute Gasteiger partial charge is 0.332 e. The number of hydrogen-bond acceptors (Lipinski definition) is 8. The second-order valence-electron chi connectivity index (χ2n) is 7.33. The van der Waals surface area contributed by atoms with Gasteiger partial charge in [0.15, 0.2) is 5.84 Å². The number of nitrogens with one attached hydrogen (secondary N) is 1. The van der Waals surface area contributed by atoms with Crippen LogP contribution >= 0.6 is 11.3 Å². The van der Waals surface area contributed by atoms with Gasteiger partial charge in [0, 0.05) is 18.7 Å². The van der Waals surface area contributed by atoms with E-state index in [2.05, 4.69) is 24.7 Å². The highest BCUT2D eigenvalue weighted by atomic mass is 32.2. The molecular weight excluding hydrogens is 474 g/mol. The van der Waals surface area contributed by atoms with Gasteiger partial charge in [-0.2, -0.15) is 0 Å². The number of nitrogens with zero attached hydrogens (tertiary/aromatic N) is 3. The Morgan fingerprint density at radius 2 is 1.94 bits per heavy atom. The minimum absolute atomic E-state index is 0.0302. The summed E-state index contributed by atoms with van der Waals surface area (Å²) in [6.45, 7) is 1.23. The maximum atomic E-state index is 13.1. The van der Waals surface area contributed by atoms with Crippen LogP contribution in [0.3, 0.4) is 0 Å². The zero-order valence-corrected chi connectivity index (χ0v) is 19.7. The molecule has 9 nitrogen and oxygen atoms in total. The molecule has 4 aromatic rings. The van der Waals surface area contributed by atoms with Gasteiger partial charge in [-0.15, -0.1) is 0 Å². The van der Waals surface area contributed by atoms with Crippen LogP contribution in [-0.2, 0) is 26.1 Å². The van der Waals surface area contributed by atoms with E-state index in [0.29, 0.717) is 27.3 Å². The predicted octanol–water partition coefficient (Wildman–Crippen LogP) is 3.14. The highest BCUT2D eigenvalue weighted by molar-refractivity contribution is 7.89. The van der Waals surface area contributed by atoms with Crippen molar-refractivity contribution in [1.29, 1.82) is 0 Å². The van der Waals surface area contributed by atoms with Crippen molar-refractivity contribution in [2.75, 3.05) is 0 Å². The highest BCUT2D eigenvalue weighted by Crippen LogP contribution is 2.28. The number of oxime groups is 1. The van der Waals surface area contributed by atoms with Gasteiger partial charge >= 0.3 is 5.97 Å². The number of thiazole rings is 1. The Bertz CT molecular complexity index is 1420. The molecule has 2 aromatic heterocycles. The molecular formula is C23H21N5O4S2. The first-order chi connectivity index (χ1) is 16.3. The first-order valence-corrected chi connectivity index (χ1v) is 12.5. The van der Waals surface area contributed by atoms with Gasteiger partial charge in [0.2, 0.25) is 10.0 Å². The molecule has 0 spiro atoms. The Labute approximate surface area is 200 Å². The van der Waals surface area contributed by atoms with Crippen LogP contribution in [0.5, 0.6) is 0 Å². The van der Waals surface area contributed by atoms with Crippen LogP contribution in [0.25, 0.3) is 10.3 Å². The van der Waals surface area contributed by atoms with Gasteiger partial charge in [0.1, 0.15) is 15.4 Å². The lowest BCUT2D eigenvalue weighted by atomic mass is 10.0. The molecule has 0 saturated heterocycles. The lowest BCUT2D eigenvalue weighted by molar-refractivity contribution is -0.140. The fourth-order valence-electron chi connectivity index (χ4n) is 3.23. The van der Waals surface area contributed by atoms with Gasteiger partial charge in [-0.3, -0.25) is 0 Å². The Kier molecular flexibility index (Phi) is 6.96. The molecule has 0 saturated carbocycles. The van der Waals surface area contributed by atoms with Crippen molar-refractivity contribution in [2.45, 2.75) is 24.3 Å². The summed E-state index contributed by atoms with van der Waals surface area (Å²) < 4.78 is 29.0. The monoisotopic (exact) mass is 495 g/mol. The topological polar surface area (TPSA) is 137 Å². The number of amidine groups is 1. The van der Waals surface area contributed by atoms with Crippen molar-refractivity contribution >= 4 is 43.5 Å². The van der Waals surface area contributed by atoms with Gasteiger partial charge in [0.25, 0.3) is 0 Å². The molecule has 0 amide bonds. The maximum absolute atomic E-state index is 13.1. The third-order valence-electron chi connectivity index (χ3n) is 4.77. The predicted molar refractivity (Wildman–Crippen MR) is 130 cm³/mol. The van der Waals surface area contributed by atoms with Crippen LogP contribution in [-0.4, -0.2) is 30.2 Å². The number of aromatic nitrogens is 2. The summed E-state index contributed by atoms with van der Waals surface area (Å²) in [7, 11) is -3.82. The molecule has 2 aromatic carbocycles. The fraction of sp³-hybridized carbons (Fsp3) is 0.130. The number of rotatable bonds is 8. The molecule has 0 bridgehead atoms. The van der Waals surface area contributed by atoms with Crippen LogP contribution in [0.2, 0.25) is 0 Å². The number of pyridine rings is 1. The van der Waals surface area contributed by atoms with E-state index < -0.39 is 22.0 Å². The quantitative estimate of drug-likeness (QED) is 0.166. The van der Waals surface area contributed by atoms with Crippen molar-refractivity contribution in [3.8, 4) is 0 Å². The second-order valence-corrected chi connectivity index (χ2v) is 10.1. The largest absolute Gasteiger partial charge is 0.380 e. The van der Waals surface area contributed by atoms with E-state index >= 15 is 0 Å². The van der Waals surface area contributed by atoms with Gasteiger partial charge in [0.05, 0.1) is 10.9 Å². The zero-order valence-electron chi connectivity index (χ0n) is 18.1. The first kappa shape index (κ1) is 23.5. The summed E-state index contributed by atoms with van der Waals surface area (Å²) in [5.74, 6) is -0.554. The molecule has 0 aliphatic rings. The van der Waals surface area contributed by atoms with E-state index in [4.69, 9.17) is 5.73 Å². The van der Waals surface area contributed by atoms with Crippen molar-refractivity contribution in [1.82, 2.24) is 14.7 Å². The van der Waals surface area contributed by atoms with E-state index in [1.54, 1.807) is 48.7 Å². The number of carbonyl (C=O) groups excluding carboxylic acids is 1. The van der Waals surface area contributed by atoms with Crippen LogP contribution in [0.15, 0.2) is 83.0 Å². The van der Waals surface area contributed by atoms with E-state index in [1.807, 2.05) is 12.1 Å². The summed E-state index contributed by atoms with van der Waals surface area (Å²) in [5.41, 5.74) is 7.94. The summed E-state index contributed by atoms with van der Waals surface area (Å²) in [5, 5.41) is 4.20. The third-order valence-corrected chi connectivity index (χ3v) is 7.35. The van der Waals surface area contributed by atoms with E-state index in [-0.39, 0.29) is 10.7 Å². The molecule has 0 aliphatic heterocycles. The molecule has 3 N–H and O–H groups in total. The zero-order chi connectivity index (χ0) is 24.1. The van der Waals surface area contributed by atoms with Crippen molar-refractivity contribution in [2.24, 2.45) is 10.9 Å². The van der Waals surface area contributed by atoms with Gasteiger partial charge < -0.3 is 10.6 Å². The maximum Gasteiger partial charge on any atom is 0.332 e. The normalized spacial score (nSPS) is 13.0. The Morgan fingerprint density at radius 1 is 1.15 bits per heavy atom. The number of sulfonamides is 1. The number of fused-ring (bicyclic) bond motifs is 1. The van der Waals surface area contributed by atoms with E-state index in [9.17, 15) is 13.2 Å². The third kappa shape index (κ3) is 5.63. The molecule has 0 fully saturated rings. The summed E-state index contributed by atoms with van der Waals surface area (Å²) in [6.07, 6.45) is 1.96. The lowest BCUT2D eigenvalue weighted by Gasteiger charge is -2.17. The number of nitrogens with two attached hydrogens (primary N) is 1. The molecule has 0 radical (unpaired) electrons. The van der Waals surface area contributed by atoms with Crippen molar-refractivity contribution < 1.29 is 18.0 Å². The summed E-state index contributed by atoms with van der Waals surface area (Å²) in [4.78, 5) is 25.4. The first-order valence-electron chi connectivity index (χ1n) is 10.2. The molecule has 34 heavy (non-hydrogen) atoms. The Hall–Kier alpha value is -3.67. The minimum Gasteiger partial charge on any atom is -0.380 e. The van der Waals surface area contributed by atoms with Crippen LogP contribution in [0.1, 0.15) is 29.1 Å². The standard InChI is InChI=1S/C23H21N5O4S2/c1-15(29)32-27-21(24)17-8-5-7-16(13-17)14-20(23-26-19-11-6-12-25-22(19)33-23)28-34(30,31)18-9-3-2-4-10-18/h2-13,20,28H,14H2,1H3,(H2,24,27). The lowest BCUT2D eigenvalue weighted by Crippen LogP contribution is -2.30. The second kappa shape index (κ2) is 10.1. The van der Waals surface area contributed by atoms with E-state index in [0.717, 1.165) is 5.56 Å². The van der Waals surface area contributed by atoms with Gasteiger partial charge in [-0.05, 0) is 42.3 Å². The van der Waals surface area contributed by atoms with Crippen molar-refractivity contribution in [3.63, 3.8) is 0 Å². The minimum atomic E-state index is -3.82. The molecule has 174 valence electrons. The van der Waals surface area contributed by atoms with Gasteiger partial charge in [-0.1, -0.05) is 52.9 Å². The molecule has 2 heterocycles. The number of benzene rings is 2. The average molecular weight is 496 g/mol. The van der Waals surface area contributed by atoms with Crippen LogP contribution in [0.4, 0.5) is 0 Å². The summed E-state index contributed by atoms with van der Waals surface area (Å²) >= 11 is 1.33. The van der Waals surface area contributed by atoms with Gasteiger partial charge in [-0.25, -0.2) is 27.9 Å². The molecule has 11 heteroatoms. The highest BCUT2D eigenvalue weighted by Gasteiger charge is 2.25. The van der Waals surface area contributed by atoms with Crippen LogP contribution < -0.4 is 10.5 Å². The van der Waals surface area contributed by atoms with Crippen molar-refractivity contribution in [3.05, 3.63) is 89.1 Å². The van der Waals surface area contributed by atoms with E-state index in [1.165, 1.54) is 30.4 Å². The fourth-order valence-corrected chi connectivity index (χ4v) is 5.48. The molecule has 0 aliphatic carbocycles. The Morgan fingerprint density at radius 3 is 2.68 bits per heavy atom. The molecule has 1 unspecified atom stereocenters. The number of hydrogen-bond donors (Lipinski definition) is 2.